The molecule has 6 heteroatoms. The Labute approximate surface area is 147 Å². The Morgan fingerprint density at radius 3 is 2.72 bits per heavy atom. The Bertz CT molecular complexity index is 934. The molecule has 25 heavy (non-hydrogen) atoms. The molecule has 0 atom stereocenters. The SMILES string of the molecule is O=S(=O)(NCc1cccc2c1OCCO2)C1=Cc2ccccc2CC1. The molecule has 130 valence electrons. The minimum Gasteiger partial charge on any atom is -0.486 e. The average Bonchev–Trinajstić information content (AvgIpc) is 2.66. The van der Waals surface area contributed by atoms with Crippen molar-refractivity contribution >= 4 is 16.1 Å². The molecule has 1 heterocycles. The van der Waals surface area contributed by atoms with E-state index in [1.54, 1.807) is 6.08 Å². The van der Waals surface area contributed by atoms with Gasteiger partial charge < -0.3 is 9.47 Å². The van der Waals surface area contributed by atoms with E-state index in [4.69, 9.17) is 9.47 Å². The largest absolute Gasteiger partial charge is 0.486 e. The van der Waals surface area contributed by atoms with Crippen LogP contribution in [0.4, 0.5) is 0 Å². The Hall–Kier alpha value is -2.31. The number of ether oxygens (including phenoxy) is 2. The van der Waals surface area contributed by atoms with Crippen molar-refractivity contribution in [2.24, 2.45) is 0 Å². The van der Waals surface area contributed by atoms with E-state index in [2.05, 4.69) is 4.72 Å². The number of hydrogen-bond donors (Lipinski definition) is 1. The molecule has 2 aromatic rings. The maximum Gasteiger partial charge on any atom is 0.237 e. The van der Waals surface area contributed by atoms with Crippen molar-refractivity contribution in [2.75, 3.05) is 13.2 Å². The van der Waals surface area contributed by atoms with Gasteiger partial charge in [0.1, 0.15) is 13.2 Å². The van der Waals surface area contributed by atoms with Crippen LogP contribution in [0.2, 0.25) is 0 Å². The van der Waals surface area contributed by atoms with Gasteiger partial charge in [0.2, 0.25) is 10.0 Å². The molecule has 0 saturated carbocycles. The first-order valence-corrected chi connectivity index (χ1v) is 9.77. The molecule has 2 aromatic carbocycles. The lowest BCUT2D eigenvalue weighted by Crippen LogP contribution is -2.26. The zero-order valence-corrected chi connectivity index (χ0v) is 14.5. The van der Waals surface area contributed by atoms with Crippen LogP contribution in [0.1, 0.15) is 23.1 Å². The summed E-state index contributed by atoms with van der Waals surface area (Å²) >= 11 is 0. The molecule has 0 bridgehead atoms. The molecule has 0 aromatic heterocycles. The molecule has 1 N–H and O–H groups in total. The van der Waals surface area contributed by atoms with Crippen LogP contribution >= 0.6 is 0 Å². The standard InChI is InChI=1S/C19H19NO4S/c21-25(22,17-9-8-14-4-1-2-5-15(14)12-17)20-13-16-6-3-7-18-19(16)24-11-10-23-18/h1-7,12,20H,8-11,13H2. The van der Waals surface area contributed by atoms with Gasteiger partial charge in [0.15, 0.2) is 11.5 Å². The molecule has 2 aliphatic rings. The predicted molar refractivity (Wildman–Crippen MR) is 95.9 cm³/mol. The van der Waals surface area contributed by atoms with Gasteiger partial charge in [-0.3, -0.25) is 0 Å². The van der Waals surface area contributed by atoms with E-state index in [-0.39, 0.29) is 6.54 Å². The number of nitrogens with one attached hydrogen (secondary N) is 1. The number of allylic oxidation sites excluding steroid dienone is 1. The highest BCUT2D eigenvalue weighted by atomic mass is 32.2. The van der Waals surface area contributed by atoms with Crippen LogP contribution in [0.3, 0.4) is 0 Å². The summed E-state index contributed by atoms with van der Waals surface area (Å²) in [6, 6.07) is 13.4. The van der Waals surface area contributed by atoms with Crippen LogP contribution in [0.5, 0.6) is 11.5 Å². The molecular weight excluding hydrogens is 338 g/mol. The topological polar surface area (TPSA) is 64.6 Å². The first kappa shape index (κ1) is 16.2. The van der Waals surface area contributed by atoms with Crippen molar-refractivity contribution in [3.8, 4) is 11.5 Å². The Morgan fingerprint density at radius 1 is 0.960 bits per heavy atom. The van der Waals surface area contributed by atoms with Gasteiger partial charge in [-0.1, -0.05) is 36.4 Å². The van der Waals surface area contributed by atoms with Gasteiger partial charge in [-0.2, -0.15) is 0 Å². The summed E-state index contributed by atoms with van der Waals surface area (Å²) in [6.45, 7) is 1.15. The first-order chi connectivity index (χ1) is 12.1. The first-order valence-electron chi connectivity index (χ1n) is 8.29. The van der Waals surface area contributed by atoms with Crippen LogP contribution < -0.4 is 14.2 Å². The van der Waals surface area contributed by atoms with E-state index in [0.717, 1.165) is 17.5 Å². The molecule has 5 nitrogen and oxygen atoms in total. The lowest BCUT2D eigenvalue weighted by Gasteiger charge is -2.21. The highest BCUT2D eigenvalue weighted by Crippen LogP contribution is 2.34. The molecule has 1 aliphatic carbocycles. The number of rotatable bonds is 4. The smallest absolute Gasteiger partial charge is 0.237 e. The normalized spacial score (nSPS) is 16.1. The quantitative estimate of drug-likeness (QED) is 0.914. The number of sulfonamides is 1. The van der Waals surface area contributed by atoms with Gasteiger partial charge >= 0.3 is 0 Å². The van der Waals surface area contributed by atoms with Crippen molar-refractivity contribution in [3.63, 3.8) is 0 Å². The summed E-state index contributed by atoms with van der Waals surface area (Å²) in [5.74, 6) is 1.29. The highest BCUT2D eigenvalue weighted by Gasteiger charge is 2.23. The van der Waals surface area contributed by atoms with E-state index in [0.29, 0.717) is 36.0 Å². The molecule has 4 rings (SSSR count). The van der Waals surface area contributed by atoms with Gasteiger partial charge in [0.05, 0.1) is 4.91 Å². The van der Waals surface area contributed by atoms with Crippen LogP contribution in [0.15, 0.2) is 47.4 Å². The third-order valence-corrected chi connectivity index (χ3v) is 5.99. The van der Waals surface area contributed by atoms with Crippen molar-refractivity contribution < 1.29 is 17.9 Å². The zero-order valence-electron chi connectivity index (χ0n) is 13.7. The summed E-state index contributed by atoms with van der Waals surface area (Å²) in [5, 5.41) is 0. The zero-order chi connectivity index (χ0) is 17.3. The van der Waals surface area contributed by atoms with Gasteiger partial charge in [-0.25, -0.2) is 13.1 Å². The summed E-state index contributed by atoms with van der Waals surface area (Å²) in [6.07, 6.45) is 3.01. The van der Waals surface area contributed by atoms with E-state index in [9.17, 15) is 8.42 Å². The molecule has 0 saturated heterocycles. The van der Waals surface area contributed by atoms with Crippen molar-refractivity contribution in [1.29, 1.82) is 0 Å². The molecule has 0 fully saturated rings. The van der Waals surface area contributed by atoms with Gasteiger partial charge in [0, 0.05) is 12.1 Å². The summed E-state index contributed by atoms with van der Waals surface area (Å²) in [5.41, 5.74) is 2.93. The molecule has 0 unspecified atom stereocenters. The molecule has 0 radical (unpaired) electrons. The Kier molecular flexibility index (Phi) is 4.23. The fraction of sp³-hybridized carbons (Fsp3) is 0.263. The van der Waals surface area contributed by atoms with E-state index >= 15 is 0 Å². The Morgan fingerprint density at radius 2 is 1.80 bits per heavy atom. The fourth-order valence-corrected chi connectivity index (χ4v) is 4.34. The van der Waals surface area contributed by atoms with Crippen LogP contribution in [-0.4, -0.2) is 21.6 Å². The summed E-state index contributed by atoms with van der Waals surface area (Å²) in [7, 11) is -3.54. The summed E-state index contributed by atoms with van der Waals surface area (Å²) < 4.78 is 39.2. The van der Waals surface area contributed by atoms with E-state index in [1.807, 2.05) is 42.5 Å². The van der Waals surface area contributed by atoms with Crippen LogP contribution in [0.25, 0.3) is 6.08 Å². The molecular formula is C19H19NO4S. The minimum absolute atomic E-state index is 0.174. The maximum atomic E-state index is 12.7. The van der Waals surface area contributed by atoms with Crippen molar-refractivity contribution in [2.45, 2.75) is 19.4 Å². The molecule has 1 aliphatic heterocycles. The predicted octanol–water partition coefficient (Wildman–Crippen LogP) is 2.86. The number of fused-ring (bicyclic) bond motifs is 2. The fourth-order valence-electron chi connectivity index (χ4n) is 3.16. The Balaban J connectivity index is 1.54. The number of para-hydroxylation sites is 1. The van der Waals surface area contributed by atoms with Crippen LogP contribution in [-0.2, 0) is 23.0 Å². The van der Waals surface area contributed by atoms with E-state index in [1.165, 1.54) is 5.56 Å². The number of benzene rings is 2. The average molecular weight is 357 g/mol. The number of aryl methyl sites for hydroxylation is 1. The summed E-state index contributed by atoms with van der Waals surface area (Å²) in [4.78, 5) is 0.424. The van der Waals surface area contributed by atoms with Gasteiger partial charge in [-0.05, 0) is 36.1 Å². The van der Waals surface area contributed by atoms with E-state index < -0.39 is 10.0 Å². The van der Waals surface area contributed by atoms with Crippen molar-refractivity contribution in [3.05, 3.63) is 64.1 Å². The minimum atomic E-state index is -3.54. The highest BCUT2D eigenvalue weighted by molar-refractivity contribution is 7.93. The monoisotopic (exact) mass is 357 g/mol. The third-order valence-electron chi connectivity index (χ3n) is 4.46. The third kappa shape index (κ3) is 3.27. The lowest BCUT2D eigenvalue weighted by atomic mass is 9.98. The second kappa shape index (κ2) is 6.54. The maximum absolute atomic E-state index is 12.7. The van der Waals surface area contributed by atoms with Gasteiger partial charge in [-0.15, -0.1) is 0 Å². The van der Waals surface area contributed by atoms with Crippen LogP contribution in [0, 0.1) is 0 Å². The van der Waals surface area contributed by atoms with Crippen molar-refractivity contribution in [1.82, 2.24) is 4.72 Å². The molecule has 0 spiro atoms. The molecule has 0 amide bonds. The van der Waals surface area contributed by atoms with Gasteiger partial charge in [0.25, 0.3) is 0 Å². The second-order valence-electron chi connectivity index (χ2n) is 6.08. The lowest BCUT2D eigenvalue weighted by molar-refractivity contribution is 0.170. The number of hydrogen-bond acceptors (Lipinski definition) is 4. The second-order valence-corrected chi connectivity index (χ2v) is 7.90.